The maximum absolute atomic E-state index is 13.4. The predicted molar refractivity (Wildman–Crippen MR) is 73.0 cm³/mol. The Morgan fingerprint density at radius 1 is 1.10 bits per heavy atom. The molecule has 0 heterocycles. The van der Waals surface area contributed by atoms with Gasteiger partial charge in [-0.25, -0.2) is 17.2 Å². The number of rotatable bonds is 3. The van der Waals surface area contributed by atoms with Crippen LogP contribution in [0.1, 0.15) is 0 Å². The molecule has 0 aliphatic heterocycles. The van der Waals surface area contributed by atoms with Crippen molar-refractivity contribution in [1.29, 1.82) is 0 Å². The Morgan fingerprint density at radius 2 is 1.80 bits per heavy atom. The summed E-state index contributed by atoms with van der Waals surface area (Å²) in [7, 11) is -4.10. The van der Waals surface area contributed by atoms with Gasteiger partial charge in [0.15, 0.2) is 0 Å². The molecule has 0 spiro atoms. The highest BCUT2D eigenvalue weighted by Crippen LogP contribution is 2.26. The molecular weight excluding hydrogens is 310 g/mol. The van der Waals surface area contributed by atoms with Crippen molar-refractivity contribution in [3.8, 4) is 0 Å². The summed E-state index contributed by atoms with van der Waals surface area (Å²) in [5, 5.41) is -0.0972. The van der Waals surface area contributed by atoms with Crippen molar-refractivity contribution in [3.05, 3.63) is 53.1 Å². The Balaban J connectivity index is 2.41. The Morgan fingerprint density at radius 3 is 2.40 bits per heavy atom. The Hall–Kier alpha value is -1.86. The van der Waals surface area contributed by atoms with Crippen LogP contribution in [-0.2, 0) is 10.0 Å². The molecule has 106 valence electrons. The summed E-state index contributed by atoms with van der Waals surface area (Å²) in [5.41, 5.74) is 5.38. The van der Waals surface area contributed by atoms with E-state index in [9.17, 15) is 17.2 Å². The molecule has 0 radical (unpaired) electrons. The Labute approximate surface area is 119 Å². The summed E-state index contributed by atoms with van der Waals surface area (Å²) in [5.74, 6) is -1.84. The van der Waals surface area contributed by atoms with Crippen LogP contribution < -0.4 is 10.5 Å². The number of hydrogen-bond acceptors (Lipinski definition) is 3. The van der Waals surface area contributed by atoms with Crippen molar-refractivity contribution < 1.29 is 17.2 Å². The molecular formula is C12H9ClF2N2O2S. The number of anilines is 2. The van der Waals surface area contributed by atoms with E-state index in [-0.39, 0.29) is 15.6 Å². The fraction of sp³-hybridized carbons (Fsp3) is 0. The molecule has 0 aromatic heterocycles. The van der Waals surface area contributed by atoms with Gasteiger partial charge in [0.1, 0.15) is 16.5 Å². The second-order valence-corrected chi connectivity index (χ2v) is 5.98. The molecule has 0 amide bonds. The molecule has 0 atom stereocenters. The highest BCUT2D eigenvalue weighted by molar-refractivity contribution is 7.92. The second kappa shape index (κ2) is 5.26. The maximum Gasteiger partial charge on any atom is 0.263 e. The summed E-state index contributed by atoms with van der Waals surface area (Å²) >= 11 is 5.79. The van der Waals surface area contributed by atoms with Gasteiger partial charge >= 0.3 is 0 Å². The standard InChI is InChI=1S/C12H9ClF2N2O2S/c13-9-6-8(16)2-4-12(9)20(18,19)17-11-3-1-7(14)5-10(11)15/h1-6,17H,16H2. The van der Waals surface area contributed by atoms with Crippen LogP contribution in [0.4, 0.5) is 20.2 Å². The number of nitrogens with one attached hydrogen (secondary N) is 1. The van der Waals surface area contributed by atoms with Gasteiger partial charge in [-0.15, -0.1) is 0 Å². The predicted octanol–water partition coefficient (Wildman–Crippen LogP) is 3.00. The monoisotopic (exact) mass is 318 g/mol. The molecule has 8 heteroatoms. The minimum absolute atomic E-state index is 0.0972. The lowest BCUT2D eigenvalue weighted by molar-refractivity contribution is 0.583. The Kier molecular flexibility index (Phi) is 3.82. The van der Waals surface area contributed by atoms with Crippen molar-refractivity contribution in [2.75, 3.05) is 10.5 Å². The zero-order chi connectivity index (χ0) is 14.9. The molecule has 3 N–H and O–H groups in total. The normalized spacial score (nSPS) is 11.3. The molecule has 0 unspecified atom stereocenters. The highest BCUT2D eigenvalue weighted by atomic mass is 35.5. The molecule has 2 aromatic rings. The van der Waals surface area contributed by atoms with E-state index in [0.29, 0.717) is 11.8 Å². The van der Waals surface area contributed by atoms with Crippen LogP contribution in [0, 0.1) is 11.6 Å². The van der Waals surface area contributed by atoms with Crippen LogP contribution in [0.5, 0.6) is 0 Å². The van der Waals surface area contributed by atoms with Crippen molar-refractivity contribution in [1.82, 2.24) is 0 Å². The average Bonchev–Trinajstić information content (AvgIpc) is 2.32. The number of halogens is 3. The van der Waals surface area contributed by atoms with Crippen molar-refractivity contribution in [3.63, 3.8) is 0 Å². The van der Waals surface area contributed by atoms with E-state index in [0.717, 1.165) is 12.1 Å². The van der Waals surface area contributed by atoms with Crippen molar-refractivity contribution >= 4 is 33.0 Å². The molecule has 0 aliphatic rings. The van der Waals surface area contributed by atoms with Gasteiger partial charge in [0.2, 0.25) is 0 Å². The van der Waals surface area contributed by atoms with E-state index >= 15 is 0 Å². The SMILES string of the molecule is Nc1ccc(S(=O)(=O)Nc2ccc(F)cc2F)c(Cl)c1. The number of nitrogen functional groups attached to an aromatic ring is 1. The van der Waals surface area contributed by atoms with Gasteiger partial charge in [-0.2, -0.15) is 0 Å². The minimum atomic E-state index is -4.10. The third-order valence-corrected chi connectivity index (χ3v) is 4.27. The fourth-order valence-corrected chi connectivity index (χ4v) is 3.13. The minimum Gasteiger partial charge on any atom is -0.399 e. The summed E-state index contributed by atoms with van der Waals surface area (Å²) in [6, 6.07) is 6.29. The molecule has 2 rings (SSSR count). The van der Waals surface area contributed by atoms with E-state index in [4.69, 9.17) is 17.3 Å². The van der Waals surface area contributed by atoms with E-state index in [1.54, 1.807) is 0 Å². The molecule has 4 nitrogen and oxygen atoms in total. The molecule has 0 saturated heterocycles. The lowest BCUT2D eigenvalue weighted by Crippen LogP contribution is -2.14. The van der Waals surface area contributed by atoms with Crippen LogP contribution in [-0.4, -0.2) is 8.42 Å². The highest BCUT2D eigenvalue weighted by Gasteiger charge is 2.19. The molecule has 0 bridgehead atoms. The molecule has 0 saturated carbocycles. The number of benzene rings is 2. The number of nitrogens with two attached hydrogens (primary N) is 1. The van der Waals surface area contributed by atoms with Gasteiger partial charge in [-0.05, 0) is 30.3 Å². The van der Waals surface area contributed by atoms with Gasteiger partial charge in [-0.1, -0.05) is 11.6 Å². The zero-order valence-corrected chi connectivity index (χ0v) is 11.5. The van der Waals surface area contributed by atoms with Gasteiger partial charge in [0, 0.05) is 11.8 Å². The summed E-state index contributed by atoms with van der Waals surface area (Å²) in [4.78, 5) is -0.253. The fourth-order valence-electron chi connectivity index (χ4n) is 1.51. The van der Waals surface area contributed by atoms with E-state index in [1.807, 2.05) is 4.72 Å². The molecule has 2 aromatic carbocycles. The van der Waals surface area contributed by atoms with Gasteiger partial charge in [0.25, 0.3) is 10.0 Å². The molecule has 0 aliphatic carbocycles. The maximum atomic E-state index is 13.4. The van der Waals surface area contributed by atoms with Crippen LogP contribution >= 0.6 is 11.6 Å². The third-order valence-electron chi connectivity index (χ3n) is 2.42. The number of sulfonamides is 1. The van der Waals surface area contributed by atoms with Crippen LogP contribution in [0.15, 0.2) is 41.3 Å². The first kappa shape index (κ1) is 14.5. The number of hydrogen-bond donors (Lipinski definition) is 2. The summed E-state index contributed by atoms with van der Waals surface area (Å²) in [6.45, 7) is 0. The zero-order valence-electron chi connectivity index (χ0n) is 9.90. The van der Waals surface area contributed by atoms with Gasteiger partial charge in [-0.3, -0.25) is 4.72 Å². The van der Waals surface area contributed by atoms with Gasteiger partial charge in [0.05, 0.1) is 10.7 Å². The summed E-state index contributed by atoms with van der Waals surface area (Å²) in [6.07, 6.45) is 0. The first-order valence-electron chi connectivity index (χ1n) is 5.32. The largest absolute Gasteiger partial charge is 0.399 e. The second-order valence-electron chi connectivity index (χ2n) is 3.92. The smallest absolute Gasteiger partial charge is 0.263 e. The lowest BCUT2D eigenvalue weighted by atomic mass is 10.3. The Bertz CT molecular complexity index is 766. The topological polar surface area (TPSA) is 72.2 Å². The quantitative estimate of drug-likeness (QED) is 0.854. The lowest BCUT2D eigenvalue weighted by Gasteiger charge is -2.10. The van der Waals surface area contributed by atoms with Crippen LogP contribution in [0.25, 0.3) is 0 Å². The van der Waals surface area contributed by atoms with E-state index in [1.165, 1.54) is 18.2 Å². The molecule has 20 heavy (non-hydrogen) atoms. The summed E-state index contributed by atoms with van der Waals surface area (Å²) < 4.78 is 52.3. The first-order valence-corrected chi connectivity index (χ1v) is 7.18. The van der Waals surface area contributed by atoms with E-state index in [2.05, 4.69) is 0 Å². The van der Waals surface area contributed by atoms with Crippen molar-refractivity contribution in [2.45, 2.75) is 4.90 Å². The van der Waals surface area contributed by atoms with Crippen LogP contribution in [0.2, 0.25) is 5.02 Å². The average molecular weight is 319 g/mol. The van der Waals surface area contributed by atoms with E-state index < -0.39 is 21.7 Å². The molecule has 0 fully saturated rings. The third kappa shape index (κ3) is 3.00. The van der Waals surface area contributed by atoms with Crippen molar-refractivity contribution in [2.24, 2.45) is 0 Å². The first-order chi connectivity index (χ1) is 9.29. The van der Waals surface area contributed by atoms with Gasteiger partial charge < -0.3 is 5.73 Å². The van der Waals surface area contributed by atoms with Crippen LogP contribution in [0.3, 0.4) is 0 Å².